The molecule has 1 heterocycles. The number of rotatable bonds is 5. The average molecular weight is 179 g/mol. The van der Waals surface area contributed by atoms with Gasteiger partial charge in [-0.1, -0.05) is 26.2 Å². The maximum absolute atomic E-state index is 4.41. The second-order valence-corrected chi connectivity index (χ2v) is 3.17. The molecule has 0 atom stereocenters. The van der Waals surface area contributed by atoms with Crippen LogP contribution in [0.5, 0.6) is 0 Å². The average Bonchev–Trinajstić information content (AvgIpc) is 2.19. The third kappa shape index (κ3) is 4.55. The van der Waals surface area contributed by atoms with Crippen LogP contribution in [-0.4, -0.2) is 31.4 Å². The normalized spacial score (nSPS) is 18.4. The molecule has 1 aliphatic heterocycles. The molecule has 3 nitrogen and oxygen atoms in total. The lowest BCUT2D eigenvalue weighted by atomic mass is 10.2. The van der Waals surface area contributed by atoms with Gasteiger partial charge in [0.1, 0.15) is 6.34 Å². The lowest BCUT2D eigenvalue weighted by molar-refractivity contribution is 0.675. The number of hydrogen-bond acceptors (Lipinski definition) is 3. The Balaban J connectivity index is 2.10. The summed E-state index contributed by atoms with van der Waals surface area (Å²) in [5.41, 5.74) is 1.01. The first-order valence-electron chi connectivity index (χ1n) is 4.98. The second kappa shape index (κ2) is 6.52. The van der Waals surface area contributed by atoms with Gasteiger partial charge in [-0.3, -0.25) is 9.98 Å². The van der Waals surface area contributed by atoms with Crippen molar-refractivity contribution in [1.29, 1.82) is 0 Å². The fourth-order valence-corrected chi connectivity index (χ4v) is 1.19. The van der Waals surface area contributed by atoms with Crippen LogP contribution in [-0.2, 0) is 0 Å². The van der Waals surface area contributed by atoms with E-state index >= 15 is 0 Å². The molecule has 3 heteroatoms. The lowest BCUT2D eigenvalue weighted by Gasteiger charge is -2.00. The number of unbranched alkanes of at least 4 members (excludes halogenated alkanes) is 3. The van der Waals surface area contributed by atoms with Crippen LogP contribution in [0.25, 0.3) is 0 Å². The maximum Gasteiger partial charge on any atom is 0.110 e. The summed E-state index contributed by atoms with van der Waals surface area (Å²) in [5.74, 6) is 0. The van der Waals surface area contributed by atoms with E-state index in [1.54, 1.807) is 12.6 Å². The SMILES string of the molecule is CCCCCCN=C1C=NC=NC1. The molecule has 0 unspecified atom stereocenters. The predicted molar refractivity (Wildman–Crippen MR) is 58.3 cm³/mol. The van der Waals surface area contributed by atoms with E-state index in [2.05, 4.69) is 21.9 Å². The molecule has 0 saturated heterocycles. The molecule has 1 aliphatic rings. The fraction of sp³-hybridized carbons (Fsp3) is 0.700. The summed E-state index contributed by atoms with van der Waals surface area (Å²) >= 11 is 0. The minimum absolute atomic E-state index is 0.706. The molecule has 0 saturated carbocycles. The molecular formula is C10H17N3. The second-order valence-electron chi connectivity index (χ2n) is 3.17. The van der Waals surface area contributed by atoms with Crippen molar-refractivity contribution in [2.24, 2.45) is 15.0 Å². The molecule has 0 bridgehead atoms. The van der Waals surface area contributed by atoms with Gasteiger partial charge in [0.15, 0.2) is 0 Å². The van der Waals surface area contributed by atoms with Crippen molar-refractivity contribution < 1.29 is 0 Å². The van der Waals surface area contributed by atoms with Crippen molar-refractivity contribution in [3.63, 3.8) is 0 Å². The highest BCUT2D eigenvalue weighted by atomic mass is 14.9. The highest BCUT2D eigenvalue weighted by molar-refractivity contribution is 6.33. The Labute approximate surface area is 79.7 Å². The smallest absolute Gasteiger partial charge is 0.110 e. The van der Waals surface area contributed by atoms with Crippen LogP contribution >= 0.6 is 0 Å². The molecule has 0 amide bonds. The molecule has 0 N–H and O–H groups in total. The van der Waals surface area contributed by atoms with Gasteiger partial charge in [-0.05, 0) is 6.42 Å². The molecule has 0 spiro atoms. The summed E-state index contributed by atoms with van der Waals surface area (Å²) in [6.07, 6.45) is 8.45. The van der Waals surface area contributed by atoms with Crippen LogP contribution < -0.4 is 0 Å². The van der Waals surface area contributed by atoms with Gasteiger partial charge in [0.2, 0.25) is 0 Å². The molecule has 0 fully saturated rings. The first-order valence-corrected chi connectivity index (χ1v) is 4.98. The molecule has 1 rings (SSSR count). The minimum atomic E-state index is 0.706. The topological polar surface area (TPSA) is 37.1 Å². The molecule has 0 aromatic rings. The predicted octanol–water partition coefficient (Wildman–Crippen LogP) is 2.12. The van der Waals surface area contributed by atoms with E-state index in [9.17, 15) is 0 Å². The standard InChI is InChI=1S/C10H17N3/c1-2-3-4-5-6-13-10-7-11-9-12-8-10/h7,9H,2-6,8H2,1H3. The highest BCUT2D eigenvalue weighted by Gasteiger charge is 1.95. The van der Waals surface area contributed by atoms with Gasteiger partial charge in [0.25, 0.3) is 0 Å². The van der Waals surface area contributed by atoms with E-state index in [0.29, 0.717) is 6.54 Å². The summed E-state index contributed by atoms with van der Waals surface area (Å²) in [6.45, 7) is 3.85. The lowest BCUT2D eigenvalue weighted by Crippen LogP contribution is -2.09. The zero-order chi connectivity index (χ0) is 9.36. The van der Waals surface area contributed by atoms with E-state index in [1.807, 2.05) is 0 Å². The van der Waals surface area contributed by atoms with E-state index in [4.69, 9.17) is 0 Å². The van der Waals surface area contributed by atoms with Gasteiger partial charge >= 0.3 is 0 Å². The van der Waals surface area contributed by atoms with E-state index in [0.717, 1.165) is 12.3 Å². The highest BCUT2D eigenvalue weighted by Crippen LogP contribution is 1.99. The van der Waals surface area contributed by atoms with Crippen LogP contribution in [0.3, 0.4) is 0 Å². The van der Waals surface area contributed by atoms with Gasteiger partial charge in [0.05, 0.1) is 18.5 Å². The Morgan fingerprint density at radius 1 is 1.38 bits per heavy atom. The summed E-state index contributed by atoms with van der Waals surface area (Å²) in [7, 11) is 0. The molecule has 0 radical (unpaired) electrons. The Kier molecular flexibility index (Phi) is 5.06. The monoisotopic (exact) mass is 179 g/mol. The van der Waals surface area contributed by atoms with Gasteiger partial charge in [0, 0.05) is 6.54 Å². The quantitative estimate of drug-likeness (QED) is 0.580. The van der Waals surface area contributed by atoms with Crippen LogP contribution in [0, 0.1) is 0 Å². The fourth-order valence-electron chi connectivity index (χ4n) is 1.19. The van der Waals surface area contributed by atoms with Gasteiger partial charge in [-0.2, -0.15) is 0 Å². The Hall–Kier alpha value is -0.990. The van der Waals surface area contributed by atoms with Crippen molar-refractivity contribution in [3.8, 4) is 0 Å². The molecule has 13 heavy (non-hydrogen) atoms. The van der Waals surface area contributed by atoms with Gasteiger partial charge in [-0.25, -0.2) is 4.99 Å². The van der Waals surface area contributed by atoms with Crippen LogP contribution in [0.15, 0.2) is 15.0 Å². The van der Waals surface area contributed by atoms with Crippen molar-refractivity contribution in [3.05, 3.63) is 0 Å². The molecular weight excluding hydrogens is 162 g/mol. The van der Waals surface area contributed by atoms with Crippen molar-refractivity contribution in [2.75, 3.05) is 13.1 Å². The van der Waals surface area contributed by atoms with E-state index < -0.39 is 0 Å². The molecule has 72 valence electrons. The van der Waals surface area contributed by atoms with Crippen molar-refractivity contribution in [1.82, 2.24) is 0 Å². The van der Waals surface area contributed by atoms with E-state index in [-0.39, 0.29) is 0 Å². The van der Waals surface area contributed by atoms with Crippen LogP contribution in [0.1, 0.15) is 32.6 Å². The summed E-state index contributed by atoms with van der Waals surface area (Å²) < 4.78 is 0. The van der Waals surface area contributed by atoms with Gasteiger partial charge < -0.3 is 0 Å². The number of aliphatic imine (C=N–C) groups is 3. The zero-order valence-corrected chi connectivity index (χ0v) is 8.24. The Bertz CT molecular complexity index is 216. The van der Waals surface area contributed by atoms with Crippen molar-refractivity contribution >= 4 is 18.3 Å². The first kappa shape index (κ1) is 10.1. The molecule has 0 aromatic carbocycles. The number of hydrogen-bond donors (Lipinski definition) is 0. The summed E-state index contributed by atoms with van der Waals surface area (Å²) in [6, 6.07) is 0. The van der Waals surface area contributed by atoms with Crippen LogP contribution in [0.4, 0.5) is 0 Å². The molecule has 0 aliphatic carbocycles. The minimum Gasteiger partial charge on any atom is -0.286 e. The Morgan fingerprint density at radius 2 is 2.31 bits per heavy atom. The molecule has 0 aromatic heterocycles. The van der Waals surface area contributed by atoms with Gasteiger partial charge in [-0.15, -0.1) is 0 Å². The maximum atomic E-state index is 4.41. The van der Waals surface area contributed by atoms with Crippen LogP contribution in [0.2, 0.25) is 0 Å². The third-order valence-electron chi connectivity index (χ3n) is 1.95. The largest absolute Gasteiger partial charge is 0.286 e. The summed E-state index contributed by atoms with van der Waals surface area (Å²) in [5, 5.41) is 0. The number of nitrogens with zero attached hydrogens (tertiary/aromatic N) is 3. The van der Waals surface area contributed by atoms with Crippen molar-refractivity contribution in [2.45, 2.75) is 32.6 Å². The zero-order valence-electron chi connectivity index (χ0n) is 8.24. The first-order chi connectivity index (χ1) is 6.43. The van der Waals surface area contributed by atoms with E-state index in [1.165, 1.54) is 25.7 Å². The summed E-state index contributed by atoms with van der Waals surface area (Å²) in [4.78, 5) is 12.4. The Morgan fingerprint density at radius 3 is 3.00 bits per heavy atom. The third-order valence-corrected chi connectivity index (χ3v) is 1.95.